The van der Waals surface area contributed by atoms with E-state index in [1.165, 1.54) is 10.9 Å². The van der Waals surface area contributed by atoms with Gasteiger partial charge in [-0.3, -0.25) is 4.79 Å². The quantitative estimate of drug-likeness (QED) is 0.920. The lowest BCUT2D eigenvalue weighted by Crippen LogP contribution is -2.10. The smallest absolute Gasteiger partial charge is 0.204 e. The van der Waals surface area contributed by atoms with Crippen LogP contribution >= 0.6 is 27.3 Å². The number of hydrogen-bond acceptors (Lipinski definition) is 3. The van der Waals surface area contributed by atoms with Crippen molar-refractivity contribution in [2.75, 3.05) is 5.73 Å². The van der Waals surface area contributed by atoms with Gasteiger partial charge in [0.15, 0.2) is 0 Å². The summed E-state index contributed by atoms with van der Waals surface area (Å²) in [6, 6.07) is 3.54. The first kappa shape index (κ1) is 10.4. The average molecular weight is 285 g/mol. The van der Waals surface area contributed by atoms with Crippen LogP contribution in [0.15, 0.2) is 39.2 Å². The van der Waals surface area contributed by atoms with Gasteiger partial charge >= 0.3 is 0 Å². The maximum atomic E-state index is 11.1. The Morgan fingerprint density at radius 2 is 2.33 bits per heavy atom. The van der Waals surface area contributed by atoms with Crippen molar-refractivity contribution < 1.29 is 0 Å². The molecule has 2 aromatic heterocycles. The van der Waals surface area contributed by atoms with Crippen molar-refractivity contribution in [1.82, 2.24) is 4.57 Å². The van der Waals surface area contributed by atoms with Crippen molar-refractivity contribution in [2.45, 2.75) is 6.54 Å². The number of aromatic nitrogens is 1. The molecule has 0 bridgehead atoms. The van der Waals surface area contributed by atoms with Crippen molar-refractivity contribution in [3.8, 4) is 0 Å². The Hall–Kier alpha value is -1.07. The number of halogens is 1. The van der Waals surface area contributed by atoms with Crippen LogP contribution in [-0.4, -0.2) is 4.57 Å². The minimum atomic E-state index is -0.126. The Bertz CT molecular complexity index is 532. The third kappa shape index (κ3) is 2.49. The summed E-state index contributed by atoms with van der Waals surface area (Å²) >= 11 is 5.07. The zero-order valence-electron chi connectivity index (χ0n) is 7.81. The van der Waals surface area contributed by atoms with Gasteiger partial charge in [0.2, 0.25) is 5.43 Å². The zero-order chi connectivity index (χ0) is 10.8. The number of nitrogens with zero attached hydrogens (tertiary/aromatic N) is 1. The highest BCUT2D eigenvalue weighted by Gasteiger charge is 1.99. The predicted molar refractivity (Wildman–Crippen MR) is 66.2 cm³/mol. The Balaban J connectivity index is 2.25. The van der Waals surface area contributed by atoms with Crippen LogP contribution in [0.4, 0.5) is 5.69 Å². The number of rotatable bonds is 2. The molecule has 0 aliphatic heterocycles. The Morgan fingerprint density at radius 1 is 1.53 bits per heavy atom. The molecule has 3 nitrogen and oxygen atoms in total. The Labute approximate surface area is 99.3 Å². The van der Waals surface area contributed by atoms with E-state index < -0.39 is 0 Å². The molecule has 0 aromatic carbocycles. The van der Waals surface area contributed by atoms with Crippen LogP contribution in [0, 0.1) is 0 Å². The molecule has 0 atom stereocenters. The molecule has 78 valence electrons. The second kappa shape index (κ2) is 4.20. The van der Waals surface area contributed by atoms with Crippen molar-refractivity contribution >= 4 is 33.0 Å². The fraction of sp³-hybridized carbons (Fsp3) is 0.100. The van der Waals surface area contributed by atoms with E-state index >= 15 is 0 Å². The summed E-state index contributed by atoms with van der Waals surface area (Å²) in [5.74, 6) is 0. The minimum Gasteiger partial charge on any atom is -0.394 e. The van der Waals surface area contributed by atoms with Gasteiger partial charge in [0.05, 0.1) is 12.2 Å². The molecule has 2 rings (SSSR count). The lowest BCUT2D eigenvalue weighted by Gasteiger charge is -2.04. The fourth-order valence-electron chi connectivity index (χ4n) is 1.26. The molecule has 0 amide bonds. The second-order valence-corrected chi connectivity index (χ2v) is 5.08. The van der Waals surface area contributed by atoms with Gasteiger partial charge in [-0.05, 0) is 22.0 Å². The van der Waals surface area contributed by atoms with Crippen LogP contribution in [0.1, 0.15) is 4.88 Å². The average Bonchev–Trinajstić information content (AvgIpc) is 2.58. The molecule has 2 N–H and O–H groups in total. The number of pyridine rings is 1. The molecule has 0 radical (unpaired) electrons. The fourth-order valence-corrected chi connectivity index (χ4v) is 2.72. The molecule has 0 saturated heterocycles. The van der Waals surface area contributed by atoms with Crippen LogP contribution in [-0.2, 0) is 6.54 Å². The van der Waals surface area contributed by atoms with Crippen LogP contribution in [0.25, 0.3) is 0 Å². The third-order valence-corrected chi connectivity index (χ3v) is 3.65. The summed E-state index contributed by atoms with van der Waals surface area (Å²) in [5, 5.41) is 2.03. The van der Waals surface area contributed by atoms with E-state index in [0.717, 1.165) is 11.0 Å². The second-order valence-electron chi connectivity index (χ2n) is 3.17. The van der Waals surface area contributed by atoms with Gasteiger partial charge in [0.25, 0.3) is 0 Å². The lowest BCUT2D eigenvalue weighted by molar-refractivity contribution is 0.803. The number of anilines is 1. The molecule has 0 aliphatic rings. The van der Waals surface area contributed by atoms with E-state index in [-0.39, 0.29) is 11.1 Å². The first-order chi connectivity index (χ1) is 7.15. The summed E-state index contributed by atoms with van der Waals surface area (Å²) < 4.78 is 2.98. The van der Waals surface area contributed by atoms with Gasteiger partial charge in [-0.2, -0.15) is 0 Å². The van der Waals surface area contributed by atoms with Gasteiger partial charge in [0.1, 0.15) is 0 Å². The van der Waals surface area contributed by atoms with Crippen molar-refractivity contribution in [3.05, 3.63) is 49.5 Å². The molecular formula is C10H9BrN2OS. The van der Waals surface area contributed by atoms with Crippen LogP contribution in [0.3, 0.4) is 0 Å². The minimum absolute atomic E-state index is 0.126. The Morgan fingerprint density at radius 3 is 2.93 bits per heavy atom. The van der Waals surface area contributed by atoms with Crippen molar-refractivity contribution in [1.29, 1.82) is 0 Å². The molecule has 0 spiro atoms. The highest BCUT2D eigenvalue weighted by Crippen LogP contribution is 2.20. The van der Waals surface area contributed by atoms with E-state index in [1.54, 1.807) is 23.7 Å². The van der Waals surface area contributed by atoms with Gasteiger partial charge in [-0.15, -0.1) is 11.3 Å². The van der Waals surface area contributed by atoms with Crippen molar-refractivity contribution in [2.24, 2.45) is 0 Å². The topological polar surface area (TPSA) is 48.0 Å². The number of hydrogen-bond donors (Lipinski definition) is 1. The molecule has 0 unspecified atom stereocenters. The first-order valence-corrected chi connectivity index (χ1v) is 6.01. The van der Waals surface area contributed by atoms with Gasteiger partial charge in [-0.25, -0.2) is 0 Å². The lowest BCUT2D eigenvalue weighted by atomic mass is 10.4. The van der Waals surface area contributed by atoms with Gasteiger partial charge in [0, 0.05) is 33.2 Å². The molecular weight excluding hydrogens is 276 g/mol. The first-order valence-electron chi connectivity index (χ1n) is 4.33. The maximum Gasteiger partial charge on any atom is 0.204 e. The molecule has 15 heavy (non-hydrogen) atoms. The monoisotopic (exact) mass is 284 g/mol. The van der Waals surface area contributed by atoms with E-state index in [2.05, 4.69) is 22.0 Å². The summed E-state index contributed by atoms with van der Waals surface area (Å²) in [5.41, 5.74) is 5.70. The number of thiophene rings is 1. The third-order valence-electron chi connectivity index (χ3n) is 1.97. The molecule has 2 heterocycles. The number of nitrogen functional groups attached to an aromatic ring is 1. The van der Waals surface area contributed by atoms with E-state index in [0.29, 0.717) is 0 Å². The predicted octanol–water partition coefficient (Wildman–Crippen LogP) is 2.30. The van der Waals surface area contributed by atoms with Crippen molar-refractivity contribution in [3.63, 3.8) is 0 Å². The highest BCUT2D eigenvalue weighted by atomic mass is 79.9. The zero-order valence-corrected chi connectivity index (χ0v) is 10.2. The highest BCUT2D eigenvalue weighted by molar-refractivity contribution is 9.10. The summed E-state index contributed by atoms with van der Waals surface area (Å²) in [6.07, 6.45) is 3.41. The van der Waals surface area contributed by atoms with Gasteiger partial charge in [-0.1, -0.05) is 0 Å². The molecule has 0 saturated carbocycles. The van der Waals surface area contributed by atoms with Crippen LogP contribution in [0.5, 0.6) is 0 Å². The van der Waals surface area contributed by atoms with E-state index in [1.807, 2.05) is 9.95 Å². The number of nitrogens with two attached hydrogens (primary N) is 1. The SMILES string of the molecule is Nc1cn(Cc2cc(Br)cs2)ccc1=O. The maximum absolute atomic E-state index is 11.1. The molecule has 0 fully saturated rings. The van der Waals surface area contributed by atoms with Crippen LogP contribution < -0.4 is 11.2 Å². The largest absolute Gasteiger partial charge is 0.394 e. The molecule has 2 aromatic rings. The Kier molecular flexibility index (Phi) is 2.93. The summed E-state index contributed by atoms with van der Waals surface area (Å²) in [4.78, 5) is 12.3. The summed E-state index contributed by atoms with van der Waals surface area (Å²) in [6.45, 7) is 0.737. The van der Waals surface area contributed by atoms with Crippen LogP contribution in [0.2, 0.25) is 0 Å². The molecule has 5 heteroatoms. The molecule has 0 aliphatic carbocycles. The van der Waals surface area contributed by atoms with E-state index in [4.69, 9.17) is 5.73 Å². The standard InChI is InChI=1S/C10H9BrN2OS/c11-7-3-8(15-6-7)4-13-2-1-10(14)9(12)5-13/h1-3,5-6H,4,12H2. The summed E-state index contributed by atoms with van der Waals surface area (Å²) in [7, 11) is 0. The van der Waals surface area contributed by atoms with E-state index in [9.17, 15) is 4.79 Å². The van der Waals surface area contributed by atoms with Gasteiger partial charge < -0.3 is 10.3 Å². The normalized spacial score (nSPS) is 10.5.